The number of nitrogens with one attached hydrogen (secondary N) is 1. The number of carbonyl (C=O) groups excluding carboxylic acids is 1. The van der Waals surface area contributed by atoms with Crippen LogP contribution < -0.4 is 5.32 Å². The molecule has 1 amide bonds. The van der Waals surface area contributed by atoms with E-state index in [1.165, 1.54) is 33.8 Å². The lowest BCUT2D eigenvalue weighted by Gasteiger charge is -2.31. The maximum Gasteiger partial charge on any atom is 0.228 e. The zero-order valence-corrected chi connectivity index (χ0v) is 24.0. The molecule has 5 aromatic rings. The molecule has 0 aliphatic heterocycles. The van der Waals surface area contributed by atoms with E-state index < -0.39 is 6.04 Å². The van der Waals surface area contributed by atoms with E-state index in [0.717, 1.165) is 48.2 Å². The first kappa shape index (κ1) is 27.2. The van der Waals surface area contributed by atoms with Crippen LogP contribution in [0.4, 0.5) is 0 Å². The zero-order chi connectivity index (χ0) is 28.3. The predicted molar refractivity (Wildman–Crippen MR) is 166 cm³/mol. The van der Waals surface area contributed by atoms with Gasteiger partial charge in [0.05, 0.1) is 24.1 Å². The van der Waals surface area contributed by atoms with Crippen LogP contribution in [0.15, 0.2) is 84.9 Å². The first-order valence-electron chi connectivity index (χ1n) is 14.9. The molecular formula is C36H39N3O2. The normalized spacial score (nSPS) is 15.7. The van der Waals surface area contributed by atoms with E-state index in [4.69, 9.17) is 4.98 Å². The Morgan fingerprint density at radius 2 is 1.63 bits per heavy atom. The minimum absolute atomic E-state index is 0.00472. The van der Waals surface area contributed by atoms with E-state index in [-0.39, 0.29) is 18.4 Å². The van der Waals surface area contributed by atoms with Gasteiger partial charge in [0.25, 0.3) is 0 Å². The zero-order valence-electron chi connectivity index (χ0n) is 24.0. The van der Waals surface area contributed by atoms with Gasteiger partial charge < -0.3 is 15.0 Å². The standard InChI is InChI=1S/C36H39N3O2/c1-24-21-25(2)37-35-33(24)30-15-9-10-16-32(30)39(35)22-26-17-19-29(20-18-26)34(28-13-7-4-8-14-28)36(41)38-31(23-40)27-11-5-3-6-12-27/h3,5-6,9-12,15-21,28,31,34,40H,4,7-8,13-14,22-23H2,1-2H3,(H,38,41)/t31-,34-/m0/s1. The van der Waals surface area contributed by atoms with Gasteiger partial charge in [0.1, 0.15) is 5.65 Å². The van der Waals surface area contributed by atoms with Crippen LogP contribution in [0.1, 0.15) is 72.0 Å². The number of aliphatic hydroxyl groups excluding tert-OH is 1. The smallest absolute Gasteiger partial charge is 0.228 e. The molecule has 0 spiro atoms. The molecule has 1 saturated carbocycles. The fourth-order valence-corrected chi connectivity index (χ4v) is 6.84. The van der Waals surface area contributed by atoms with Gasteiger partial charge in [-0.3, -0.25) is 4.79 Å². The molecule has 0 unspecified atom stereocenters. The van der Waals surface area contributed by atoms with Gasteiger partial charge in [-0.15, -0.1) is 0 Å². The summed E-state index contributed by atoms with van der Waals surface area (Å²) in [6, 6.07) is 28.6. The molecule has 2 aromatic heterocycles. The number of aromatic nitrogens is 2. The van der Waals surface area contributed by atoms with Crippen LogP contribution in [0, 0.1) is 19.8 Å². The molecule has 1 fully saturated rings. The number of pyridine rings is 1. The highest BCUT2D eigenvalue weighted by molar-refractivity contribution is 6.08. The second kappa shape index (κ2) is 11.9. The van der Waals surface area contributed by atoms with Gasteiger partial charge in [-0.1, -0.05) is 92.1 Å². The number of nitrogens with zero attached hydrogens (tertiary/aromatic N) is 2. The van der Waals surface area contributed by atoms with E-state index in [2.05, 4.69) is 78.3 Å². The summed E-state index contributed by atoms with van der Waals surface area (Å²) < 4.78 is 2.32. The van der Waals surface area contributed by atoms with Crippen molar-refractivity contribution < 1.29 is 9.90 Å². The molecule has 210 valence electrons. The molecule has 6 rings (SSSR count). The van der Waals surface area contributed by atoms with Crippen molar-refractivity contribution >= 4 is 27.8 Å². The van der Waals surface area contributed by atoms with Crippen LogP contribution in [-0.2, 0) is 11.3 Å². The highest BCUT2D eigenvalue weighted by Crippen LogP contribution is 2.37. The van der Waals surface area contributed by atoms with Crippen molar-refractivity contribution in [2.24, 2.45) is 5.92 Å². The molecule has 2 atom stereocenters. The average Bonchev–Trinajstić information content (AvgIpc) is 3.31. The lowest BCUT2D eigenvalue weighted by atomic mass is 9.76. The maximum atomic E-state index is 13.8. The summed E-state index contributed by atoms with van der Waals surface area (Å²) in [5.41, 5.74) is 7.62. The summed E-state index contributed by atoms with van der Waals surface area (Å²) in [6.07, 6.45) is 5.67. The van der Waals surface area contributed by atoms with Crippen LogP contribution in [0.5, 0.6) is 0 Å². The number of para-hydroxylation sites is 1. The fourth-order valence-electron chi connectivity index (χ4n) is 6.84. The van der Waals surface area contributed by atoms with Crippen LogP contribution >= 0.6 is 0 Å². The van der Waals surface area contributed by atoms with Crippen molar-refractivity contribution in [3.8, 4) is 0 Å². The number of hydrogen-bond donors (Lipinski definition) is 2. The minimum Gasteiger partial charge on any atom is -0.394 e. The molecule has 5 nitrogen and oxygen atoms in total. The fraction of sp³-hybridized carbons (Fsp3) is 0.333. The van der Waals surface area contributed by atoms with E-state index in [0.29, 0.717) is 12.5 Å². The van der Waals surface area contributed by atoms with E-state index in [9.17, 15) is 9.90 Å². The number of aliphatic hydroxyl groups is 1. The number of carbonyl (C=O) groups is 1. The van der Waals surface area contributed by atoms with Gasteiger partial charge in [0.15, 0.2) is 0 Å². The van der Waals surface area contributed by atoms with Gasteiger partial charge in [-0.2, -0.15) is 0 Å². The Kier molecular flexibility index (Phi) is 7.89. The number of benzene rings is 3. The molecule has 41 heavy (non-hydrogen) atoms. The number of hydrogen-bond acceptors (Lipinski definition) is 3. The summed E-state index contributed by atoms with van der Waals surface area (Å²) in [4.78, 5) is 18.8. The Morgan fingerprint density at radius 1 is 0.927 bits per heavy atom. The van der Waals surface area contributed by atoms with Gasteiger partial charge in [0.2, 0.25) is 5.91 Å². The van der Waals surface area contributed by atoms with Gasteiger partial charge >= 0.3 is 0 Å². The first-order valence-corrected chi connectivity index (χ1v) is 14.9. The van der Waals surface area contributed by atoms with Crippen molar-refractivity contribution in [2.75, 3.05) is 6.61 Å². The van der Waals surface area contributed by atoms with Crippen LogP contribution in [0.25, 0.3) is 21.9 Å². The van der Waals surface area contributed by atoms with E-state index in [1.54, 1.807) is 0 Å². The largest absolute Gasteiger partial charge is 0.394 e. The molecule has 3 aromatic carbocycles. The van der Waals surface area contributed by atoms with Crippen molar-refractivity contribution in [2.45, 2.75) is 64.5 Å². The number of aryl methyl sites for hydroxylation is 2. The Morgan fingerprint density at radius 3 is 2.37 bits per heavy atom. The summed E-state index contributed by atoms with van der Waals surface area (Å²) in [6.45, 7) is 4.80. The summed E-state index contributed by atoms with van der Waals surface area (Å²) >= 11 is 0. The molecule has 5 heteroatoms. The predicted octanol–water partition coefficient (Wildman–Crippen LogP) is 7.37. The van der Waals surface area contributed by atoms with Gasteiger partial charge in [0, 0.05) is 23.0 Å². The molecule has 2 N–H and O–H groups in total. The number of amides is 1. The van der Waals surface area contributed by atoms with E-state index >= 15 is 0 Å². The highest BCUT2D eigenvalue weighted by atomic mass is 16.3. The van der Waals surface area contributed by atoms with Crippen LogP contribution in [0.3, 0.4) is 0 Å². The third-order valence-corrected chi connectivity index (χ3v) is 8.83. The average molecular weight is 546 g/mol. The second-order valence-electron chi connectivity index (χ2n) is 11.7. The highest BCUT2D eigenvalue weighted by Gasteiger charge is 2.32. The Hall–Kier alpha value is -3.96. The Bertz CT molecular complexity index is 1650. The Labute approximate surface area is 242 Å². The molecule has 1 aliphatic carbocycles. The Balaban J connectivity index is 1.31. The number of rotatable bonds is 8. The third-order valence-electron chi connectivity index (χ3n) is 8.83. The molecule has 2 heterocycles. The van der Waals surface area contributed by atoms with Crippen molar-refractivity contribution in [3.63, 3.8) is 0 Å². The SMILES string of the molecule is Cc1cc(C)c2c3ccccc3n(Cc3ccc([C@@H](C(=O)N[C@@H](CO)c4ccccc4)C4CCCCC4)cc3)c2n1. The van der Waals surface area contributed by atoms with Crippen molar-refractivity contribution in [3.05, 3.63) is 113 Å². The van der Waals surface area contributed by atoms with Crippen molar-refractivity contribution in [1.29, 1.82) is 0 Å². The lowest BCUT2D eigenvalue weighted by Crippen LogP contribution is -2.38. The monoisotopic (exact) mass is 545 g/mol. The lowest BCUT2D eigenvalue weighted by molar-refractivity contribution is -0.125. The topological polar surface area (TPSA) is 67.2 Å². The summed E-state index contributed by atoms with van der Waals surface area (Å²) in [5.74, 6) is 0.0737. The molecular weight excluding hydrogens is 506 g/mol. The maximum absolute atomic E-state index is 13.8. The molecule has 1 aliphatic rings. The summed E-state index contributed by atoms with van der Waals surface area (Å²) in [5, 5.41) is 15.7. The first-order chi connectivity index (χ1) is 20.0. The summed E-state index contributed by atoms with van der Waals surface area (Å²) in [7, 11) is 0. The minimum atomic E-state index is -0.413. The van der Waals surface area contributed by atoms with Gasteiger partial charge in [-0.05, 0) is 67.0 Å². The third kappa shape index (κ3) is 5.51. The van der Waals surface area contributed by atoms with E-state index in [1.807, 2.05) is 30.3 Å². The van der Waals surface area contributed by atoms with Crippen LogP contribution in [-0.4, -0.2) is 27.2 Å². The number of fused-ring (bicyclic) bond motifs is 3. The van der Waals surface area contributed by atoms with Crippen molar-refractivity contribution in [1.82, 2.24) is 14.9 Å². The van der Waals surface area contributed by atoms with Crippen LogP contribution in [0.2, 0.25) is 0 Å². The second-order valence-corrected chi connectivity index (χ2v) is 11.7. The molecule has 0 saturated heterocycles. The quantitative estimate of drug-likeness (QED) is 0.214. The van der Waals surface area contributed by atoms with Gasteiger partial charge in [-0.25, -0.2) is 4.98 Å². The molecule has 0 bridgehead atoms. The molecule has 0 radical (unpaired) electrons.